The summed E-state index contributed by atoms with van der Waals surface area (Å²) in [6.07, 6.45) is 1.11. The minimum atomic E-state index is 1.11. The summed E-state index contributed by atoms with van der Waals surface area (Å²) in [6.45, 7) is 6.19. The van der Waals surface area contributed by atoms with Crippen molar-refractivity contribution in [3.8, 4) is 0 Å². The van der Waals surface area contributed by atoms with Crippen molar-refractivity contribution in [2.45, 2.75) is 27.2 Å². The van der Waals surface area contributed by atoms with Crippen LogP contribution >= 0.6 is 27.3 Å². The Hall–Kier alpha value is -0.340. The van der Waals surface area contributed by atoms with Gasteiger partial charge in [0.2, 0.25) is 0 Å². The van der Waals surface area contributed by atoms with Crippen molar-refractivity contribution in [2.24, 2.45) is 0 Å². The van der Waals surface area contributed by atoms with Crippen molar-refractivity contribution in [1.82, 2.24) is 0 Å². The number of halogens is 1. The van der Waals surface area contributed by atoms with Crippen LogP contribution in [0.15, 0.2) is 28.7 Å². The third-order valence-corrected chi connectivity index (χ3v) is 4.41. The normalized spacial score (nSPS) is 9.71. The van der Waals surface area contributed by atoms with Gasteiger partial charge in [-0.25, -0.2) is 0 Å². The lowest BCUT2D eigenvalue weighted by molar-refractivity contribution is 1.18. The molecule has 0 bridgehead atoms. The molecule has 0 N–H and O–H groups in total. The molecule has 2 rings (SSSR count). The van der Waals surface area contributed by atoms with Gasteiger partial charge < -0.3 is 0 Å². The topological polar surface area (TPSA) is 0 Å². The van der Waals surface area contributed by atoms with Crippen molar-refractivity contribution in [3.63, 3.8) is 0 Å². The van der Waals surface area contributed by atoms with Gasteiger partial charge in [0, 0.05) is 19.4 Å². The molecule has 0 aliphatic heterocycles. The summed E-state index contributed by atoms with van der Waals surface area (Å²) in [4.78, 5) is 1.44. The van der Waals surface area contributed by atoms with E-state index in [1.807, 2.05) is 25.2 Å². The highest BCUT2D eigenvalue weighted by molar-refractivity contribution is 9.10. The molecule has 0 amide bonds. The molecule has 0 atom stereocenters. The molecule has 0 saturated heterocycles. The second-order valence-electron chi connectivity index (χ2n) is 2.69. The lowest BCUT2D eigenvalue weighted by atomic mass is 10.2. The summed E-state index contributed by atoms with van der Waals surface area (Å²) in [7, 11) is 0. The third kappa shape index (κ3) is 2.18. The third-order valence-electron chi connectivity index (χ3n) is 1.92. The fourth-order valence-electron chi connectivity index (χ4n) is 1.29. The van der Waals surface area contributed by atoms with Gasteiger partial charge in [-0.2, -0.15) is 0 Å². The molecule has 2 heteroatoms. The largest absolute Gasteiger partial charge is 0.139 e. The average Bonchev–Trinajstić information content (AvgIpc) is 2.59. The molecule has 1 aromatic carbocycles. The summed E-state index contributed by atoms with van der Waals surface area (Å²) in [5.74, 6) is 0. The molecule has 0 spiro atoms. The van der Waals surface area contributed by atoms with Crippen LogP contribution in [0.2, 0.25) is 0 Å². The van der Waals surface area contributed by atoms with Gasteiger partial charge in [0.05, 0.1) is 0 Å². The van der Waals surface area contributed by atoms with Gasteiger partial charge in [-0.05, 0) is 28.4 Å². The Labute approximate surface area is 98.1 Å². The highest BCUT2D eigenvalue weighted by Gasteiger charge is 2.06. The molecular weight excluding hydrogens is 256 g/mol. The SMILES string of the molecule is CC.CCc1sc2ccccc2c1Br. The van der Waals surface area contributed by atoms with Gasteiger partial charge in [0.1, 0.15) is 0 Å². The number of benzene rings is 1. The Kier molecular flexibility index (Phi) is 4.63. The predicted octanol–water partition coefficient (Wildman–Crippen LogP) is 5.25. The first-order valence-corrected chi connectivity index (χ1v) is 6.59. The second kappa shape index (κ2) is 5.52. The van der Waals surface area contributed by atoms with Crippen molar-refractivity contribution in [1.29, 1.82) is 0 Å². The molecular formula is C12H15BrS. The first-order chi connectivity index (χ1) is 6.83. The minimum absolute atomic E-state index is 1.11. The van der Waals surface area contributed by atoms with E-state index in [4.69, 9.17) is 0 Å². The number of rotatable bonds is 1. The van der Waals surface area contributed by atoms with E-state index in [1.54, 1.807) is 0 Å². The Balaban J connectivity index is 0.000000461. The molecule has 0 aliphatic rings. The van der Waals surface area contributed by atoms with Crippen molar-refractivity contribution < 1.29 is 0 Å². The summed E-state index contributed by atoms with van der Waals surface area (Å²) in [5, 5.41) is 1.35. The van der Waals surface area contributed by atoms with Gasteiger partial charge in [-0.15, -0.1) is 11.3 Å². The van der Waals surface area contributed by atoms with E-state index >= 15 is 0 Å². The number of thiophene rings is 1. The zero-order valence-corrected chi connectivity index (χ0v) is 11.2. The molecule has 0 radical (unpaired) electrons. The maximum atomic E-state index is 3.62. The number of hydrogen-bond donors (Lipinski definition) is 0. The van der Waals surface area contributed by atoms with Crippen LogP contribution in [0.1, 0.15) is 25.6 Å². The van der Waals surface area contributed by atoms with E-state index in [0.29, 0.717) is 0 Å². The molecule has 0 unspecified atom stereocenters. The van der Waals surface area contributed by atoms with E-state index in [0.717, 1.165) is 6.42 Å². The van der Waals surface area contributed by atoms with Crippen LogP contribution < -0.4 is 0 Å². The van der Waals surface area contributed by atoms with Crippen LogP contribution in [0, 0.1) is 0 Å². The quantitative estimate of drug-likeness (QED) is 0.664. The molecule has 0 nitrogen and oxygen atoms in total. The smallest absolute Gasteiger partial charge is 0.0393 e. The zero-order chi connectivity index (χ0) is 10.6. The fourth-order valence-corrected chi connectivity index (χ4v) is 3.33. The summed E-state index contributed by atoms with van der Waals surface area (Å²) < 4.78 is 2.66. The van der Waals surface area contributed by atoms with Gasteiger partial charge in [0.15, 0.2) is 0 Å². The van der Waals surface area contributed by atoms with Crippen molar-refractivity contribution in [3.05, 3.63) is 33.6 Å². The van der Waals surface area contributed by atoms with Crippen LogP contribution in [0.3, 0.4) is 0 Å². The van der Waals surface area contributed by atoms with Crippen LogP contribution in [-0.2, 0) is 6.42 Å². The lowest BCUT2D eigenvalue weighted by Crippen LogP contribution is -1.70. The molecule has 1 heterocycles. The Morgan fingerprint density at radius 3 is 2.43 bits per heavy atom. The Bertz CT molecular complexity index is 404. The molecule has 2 aromatic rings. The van der Waals surface area contributed by atoms with E-state index < -0.39 is 0 Å². The maximum absolute atomic E-state index is 3.62. The number of aryl methyl sites for hydroxylation is 1. The molecule has 0 aliphatic carbocycles. The first kappa shape index (κ1) is 11.7. The lowest BCUT2D eigenvalue weighted by Gasteiger charge is -1.89. The highest BCUT2D eigenvalue weighted by Crippen LogP contribution is 2.35. The van der Waals surface area contributed by atoms with E-state index in [-0.39, 0.29) is 0 Å². The second-order valence-corrected chi connectivity index (χ2v) is 4.62. The Morgan fingerprint density at radius 2 is 1.86 bits per heavy atom. The van der Waals surface area contributed by atoms with Gasteiger partial charge in [0.25, 0.3) is 0 Å². The fraction of sp³-hybridized carbons (Fsp3) is 0.333. The van der Waals surface area contributed by atoms with E-state index in [1.165, 1.54) is 19.4 Å². The molecule has 0 fully saturated rings. The molecule has 1 aromatic heterocycles. The van der Waals surface area contributed by atoms with Crippen LogP contribution in [0.5, 0.6) is 0 Å². The van der Waals surface area contributed by atoms with Gasteiger partial charge >= 0.3 is 0 Å². The maximum Gasteiger partial charge on any atom is 0.0393 e. The van der Waals surface area contributed by atoms with Gasteiger partial charge in [-0.3, -0.25) is 0 Å². The monoisotopic (exact) mass is 270 g/mol. The number of hydrogen-bond acceptors (Lipinski definition) is 1. The van der Waals surface area contributed by atoms with E-state index in [2.05, 4.69) is 47.1 Å². The zero-order valence-electron chi connectivity index (χ0n) is 8.80. The Morgan fingerprint density at radius 1 is 1.21 bits per heavy atom. The minimum Gasteiger partial charge on any atom is -0.139 e. The first-order valence-electron chi connectivity index (χ1n) is 4.99. The average molecular weight is 271 g/mol. The number of fused-ring (bicyclic) bond motifs is 1. The summed E-state index contributed by atoms with van der Waals surface area (Å²) >= 11 is 5.50. The van der Waals surface area contributed by atoms with Crippen LogP contribution in [0.4, 0.5) is 0 Å². The van der Waals surface area contributed by atoms with Crippen molar-refractivity contribution in [2.75, 3.05) is 0 Å². The van der Waals surface area contributed by atoms with Gasteiger partial charge in [-0.1, -0.05) is 39.0 Å². The van der Waals surface area contributed by atoms with Crippen molar-refractivity contribution >= 4 is 37.4 Å². The standard InChI is InChI=1S/C10H9BrS.C2H6/c1-2-8-10(11)7-5-3-4-6-9(7)12-8;1-2/h3-6H,2H2,1H3;1-2H3. The molecule has 76 valence electrons. The van der Waals surface area contributed by atoms with Crippen LogP contribution in [0.25, 0.3) is 10.1 Å². The predicted molar refractivity (Wildman–Crippen MR) is 70.3 cm³/mol. The molecule has 0 saturated carbocycles. The summed E-state index contributed by atoms with van der Waals surface area (Å²) in [6, 6.07) is 8.50. The summed E-state index contributed by atoms with van der Waals surface area (Å²) in [5.41, 5.74) is 0. The van der Waals surface area contributed by atoms with Crippen LogP contribution in [-0.4, -0.2) is 0 Å². The molecule has 14 heavy (non-hydrogen) atoms. The highest BCUT2D eigenvalue weighted by atomic mass is 79.9. The van der Waals surface area contributed by atoms with E-state index in [9.17, 15) is 0 Å².